The van der Waals surface area contributed by atoms with Crippen LogP contribution in [0.2, 0.25) is 5.02 Å². The van der Waals surface area contributed by atoms with Crippen LogP contribution >= 0.6 is 11.6 Å². The summed E-state index contributed by atoms with van der Waals surface area (Å²) in [7, 11) is 0. The number of hydrogen-bond acceptors (Lipinski definition) is 5. The largest absolute Gasteiger partial charge is 0.355 e. The molecule has 0 radical (unpaired) electrons. The molecule has 0 unspecified atom stereocenters. The Morgan fingerprint density at radius 1 is 1.11 bits per heavy atom. The molecule has 0 aliphatic rings. The first-order valence-electron chi connectivity index (χ1n) is 8.73. The monoisotopic (exact) mass is 392 g/mol. The molecule has 7 nitrogen and oxygen atoms in total. The number of para-hydroxylation sites is 1. The van der Waals surface area contributed by atoms with Crippen LogP contribution < -0.4 is 10.6 Å². The summed E-state index contributed by atoms with van der Waals surface area (Å²) >= 11 is 6.00. The van der Waals surface area contributed by atoms with Crippen molar-refractivity contribution in [3.05, 3.63) is 83.5 Å². The second kappa shape index (κ2) is 8.06. The number of pyridine rings is 1. The molecule has 0 aliphatic heterocycles. The smallest absolute Gasteiger partial charge is 0.254 e. The molecule has 140 valence electrons. The fourth-order valence-corrected chi connectivity index (χ4v) is 2.97. The van der Waals surface area contributed by atoms with Gasteiger partial charge in [0.15, 0.2) is 5.65 Å². The van der Waals surface area contributed by atoms with Gasteiger partial charge in [-0.3, -0.25) is 9.78 Å². The summed E-state index contributed by atoms with van der Waals surface area (Å²) in [5.74, 6) is -0.192. The van der Waals surface area contributed by atoms with Gasteiger partial charge in [0.25, 0.3) is 5.91 Å². The third-order valence-corrected chi connectivity index (χ3v) is 4.45. The minimum absolute atomic E-state index is 0.192. The summed E-state index contributed by atoms with van der Waals surface area (Å²) in [5.41, 5.74) is 3.65. The zero-order valence-electron chi connectivity index (χ0n) is 14.8. The highest BCUT2D eigenvalue weighted by Gasteiger charge is 2.12. The summed E-state index contributed by atoms with van der Waals surface area (Å²) in [6, 6.07) is 11.5. The van der Waals surface area contributed by atoms with E-state index in [0.29, 0.717) is 34.9 Å². The molecule has 0 fully saturated rings. The summed E-state index contributed by atoms with van der Waals surface area (Å²) < 4.78 is 1.63. The van der Waals surface area contributed by atoms with E-state index in [9.17, 15) is 4.79 Å². The van der Waals surface area contributed by atoms with Crippen molar-refractivity contribution in [2.45, 2.75) is 6.42 Å². The summed E-state index contributed by atoms with van der Waals surface area (Å²) in [6.45, 7) is 0.459. The first-order valence-corrected chi connectivity index (χ1v) is 9.10. The molecule has 1 amide bonds. The van der Waals surface area contributed by atoms with Gasteiger partial charge in [0, 0.05) is 37.0 Å². The number of hydrogen-bond donors (Lipinski definition) is 2. The zero-order valence-corrected chi connectivity index (χ0v) is 15.6. The van der Waals surface area contributed by atoms with Crippen molar-refractivity contribution >= 4 is 34.5 Å². The number of aromatic nitrogens is 4. The van der Waals surface area contributed by atoms with E-state index in [4.69, 9.17) is 11.6 Å². The molecule has 0 spiro atoms. The number of carbonyl (C=O) groups is 1. The Bertz CT molecular complexity index is 1110. The normalized spacial score (nSPS) is 10.8. The van der Waals surface area contributed by atoms with Gasteiger partial charge >= 0.3 is 0 Å². The average Bonchev–Trinajstić information content (AvgIpc) is 3.09. The number of nitrogens with one attached hydrogen (secondary N) is 2. The minimum Gasteiger partial charge on any atom is -0.355 e. The third kappa shape index (κ3) is 3.94. The minimum atomic E-state index is -0.192. The van der Waals surface area contributed by atoms with Crippen LogP contribution in [0, 0.1) is 0 Å². The Morgan fingerprint density at radius 3 is 2.82 bits per heavy atom. The standard InChI is InChI=1S/C20H17ClN6O/c21-17-12-25-27-13-14(10-24-19(17)27)6-9-23-20(28)16-11-22-8-7-18(16)26-15-4-2-1-3-5-15/h1-5,7-8,10-13H,6,9H2,(H,22,26)(H,23,28). The van der Waals surface area contributed by atoms with Gasteiger partial charge < -0.3 is 10.6 Å². The molecule has 1 aromatic carbocycles. The topological polar surface area (TPSA) is 84.2 Å². The molecule has 4 rings (SSSR count). The highest BCUT2D eigenvalue weighted by Crippen LogP contribution is 2.19. The molecule has 2 N–H and O–H groups in total. The highest BCUT2D eigenvalue weighted by molar-refractivity contribution is 6.33. The SMILES string of the molecule is O=C(NCCc1cnc2c(Cl)cnn2c1)c1cnccc1Nc1ccccc1. The molecule has 0 atom stereocenters. The molecule has 8 heteroatoms. The van der Waals surface area contributed by atoms with E-state index >= 15 is 0 Å². The number of nitrogens with zero attached hydrogens (tertiary/aromatic N) is 4. The first kappa shape index (κ1) is 17.9. The molecule has 3 heterocycles. The first-order chi connectivity index (χ1) is 13.7. The van der Waals surface area contributed by atoms with Crippen LogP contribution in [0.3, 0.4) is 0 Å². The molecule has 0 aliphatic carbocycles. The van der Waals surface area contributed by atoms with Gasteiger partial charge in [0.1, 0.15) is 5.02 Å². The Labute approximate surface area is 166 Å². The van der Waals surface area contributed by atoms with Gasteiger partial charge in [-0.25, -0.2) is 9.50 Å². The predicted molar refractivity (Wildman–Crippen MR) is 108 cm³/mol. The fourth-order valence-electron chi connectivity index (χ4n) is 2.79. The van der Waals surface area contributed by atoms with Gasteiger partial charge in [-0.2, -0.15) is 5.10 Å². The van der Waals surface area contributed by atoms with Crippen LogP contribution in [-0.2, 0) is 6.42 Å². The number of anilines is 2. The van der Waals surface area contributed by atoms with E-state index in [-0.39, 0.29) is 5.91 Å². The molecule has 3 aromatic heterocycles. The number of benzene rings is 1. The van der Waals surface area contributed by atoms with Gasteiger partial charge in [-0.05, 0) is 30.2 Å². The number of amides is 1. The van der Waals surface area contributed by atoms with Crippen molar-refractivity contribution in [3.63, 3.8) is 0 Å². The molecule has 0 saturated carbocycles. The quantitative estimate of drug-likeness (QED) is 0.524. The van der Waals surface area contributed by atoms with E-state index in [2.05, 4.69) is 25.7 Å². The number of halogens is 1. The highest BCUT2D eigenvalue weighted by atomic mass is 35.5. The van der Waals surface area contributed by atoms with Crippen LogP contribution in [0.4, 0.5) is 11.4 Å². The van der Waals surface area contributed by atoms with Crippen LogP contribution in [0.25, 0.3) is 5.65 Å². The fraction of sp³-hybridized carbons (Fsp3) is 0.100. The lowest BCUT2D eigenvalue weighted by molar-refractivity contribution is 0.0954. The second-order valence-electron chi connectivity index (χ2n) is 6.14. The summed E-state index contributed by atoms with van der Waals surface area (Å²) in [4.78, 5) is 21.0. The van der Waals surface area contributed by atoms with Crippen molar-refractivity contribution in [2.24, 2.45) is 0 Å². The predicted octanol–water partition coefficient (Wildman–Crippen LogP) is 3.49. The third-order valence-electron chi connectivity index (χ3n) is 4.18. The number of fused-ring (bicyclic) bond motifs is 1. The lowest BCUT2D eigenvalue weighted by atomic mass is 10.2. The van der Waals surface area contributed by atoms with E-state index in [0.717, 1.165) is 11.3 Å². The van der Waals surface area contributed by atoms with Gasteiger partial charge in [0.2, 0.25) is 0 Å². The lowest BCUT2D eigenvalue weighted by Crippen LogP contribution is -2.26. The van der Waals surface area contributed by atoms with E-state index in [1.165, 1.54) is 0 Å². The van der Waals surface area contributed by atoms with Crippen LogP contribution in [0.1, 0.15) is 15.9 Å². The van der Waals surface area contributed by atoms with Crippen LogP contribution in [0.5, 0.6) is 0 Å². The van der Waals surface area contributed by atoms with Crippen molar-refractivity contribution in [1.29, 1.82) is 0 Å². The maximum atomic E-state index is 12.6. The number of carbonyl (C=O) groups excluding carboxylic acids is 1. The molecule has 28 heavy (non-hydrogen) atoms. The maximum absolute atomic E-state index is 12.6. The molecular formula is C20H17ClN6O. The zero-order chi connectivity index (χ0) is 19.3. The molecule has 0 saturated heterocycles. The maximum Gasteiger partial charge on any atom is 0.254 e. The van der Waals surface area contributed by atoms with Gasteiger partial charge in [-0.1, -0.05) is 29.8 Å². The van der Waals surface area contributed by atoms with E-state index < -0.39 is 0 Å². The van der Waals surface area contributed by atoms with Gasteiger partial charge in [0.05, 0.1) is 17.4 Å². The Balaban J connectivity index is 1.41. The van der Waals surface area contributed by atoms with Crippen molar-refractivity contribution in [1.82, 2.24) is 24.9 Å². The lowest BCUT2D eigenvalue weighted by Gasteiger charge is -2.12. The summed E-state index contributed by atoms with van der Waals surface area (Å²) in [6.07, 6.45) is 8.97. The number of rotatable bonds is 6. The Kier molecular flexibility index (Phi) is 5.16. The van der Waals surface area contributed by atoms with Crippen LogP contribution in [0.15, 0.2) is 67.4 Å². The van der Waals surface area contributed by atoms with Crippen molar-refractivity contribution in [2.75, 3.05) is 11.9 Å². The molecular weight excluding hydrogens is 376 g/mol. The average molecular weight is 393 g/mol. The Hall–Kier alpha value is -3.45. The second-order valence-corrected chi connectivity index (χ2v) is 6.55. The summed E-state index contributed by atoms with van der Waals surface area (Å²) in [5, 5.41) is 10.8. The van der Waals surface area contributed by atoms with Gasteiger partial charge in [-0.15, -0.1) is 0 Å². The van der Waals surface area contributed by atoms with Crippen molar-refractivity contribution < 1.29 is 4.79 Å². The Morgan fingerprint density at radius 2 is 1.96 bits per heavy atom. The van der Waals surface area contributed by atoms with E-state index in [1.807, 2.05) is 36.5 Å². The molecule has 4 aromatic rings. The van der Waals surface area contributed by atoms with Crippen molar-refractivity contribution in [3.8, 4) is 0 Å². The molecule has 0 bridgehead atoms. The van der Waals surface area contributed by atoms with Crippen LogP contribution in [-0.4, -0.2) is 32.0 Å². The van der Waals surface area contributed by atoms with E-state index in [1.54, 1.807) is 35.4 Å².